The summed E-state index contributed by atoms with van der Waals surface area (Å²) in [4.78, 5) is 35.7. The Bertz CT molecular complexity index is 553. The van der Waals surface area contributed by atoms with Gasteiger partial charge in [-0.2, -0.15) is 0 Å². The van der Waals surface area contributed by atoms with Crippen molar-refractivity contribution in [2.75, 3.05) is 6.54 Å². The molecule has 0 saturated carbocycles. The average Bonchev–Trinajstić information content (AvgIpc) is 2.94. The standard InChI is InChI=1S/C15H18N2O4/c1-10(18)16-9-11-4-6-12(7-5-11)14(19)17-8-2-3-13(17)15(20)21/h4-7,13H,2-3,8-9H2,1H3,(H,16,18)(H,20,21)/t13-/m1/s1. The maximum Gasteiger partial charge on any atom is 0.326 e. The van der Waals surface area contributed by atoms with Gasteiger partial charge in [-0.1, -0.05) is 12.1 Å². The second kappa shape index (κ2) is 6.39. The molecule has 1 fully saturated rings. The van der Waals surface area contributed by atoms with E-state index >= 15 is 0 Å². The van der Waals surface area contributed by atoms with E-state index in [-0.39, 0.29) is 11.8 Å². The molecule has 6 heteroatoms. The normalized spacial score (nSPS) is 17.6. The third-order valence-corrected chi connectivity index (χ3v) is 3.54. The minimum atomic E-state index is -0.955. The van der Waals surface area contributed by atoms with Crippen molar-refractivity contribution in [3.05, 3.63) is 35.4 Å². The molecular formula is C15H18N2O4. The number of amides is 2. The third kappa shape index (κ3) is 3.59. The average molecular weight is 290 g/mol. The Hall–Kier alpha value is -2.37. The van der Waals surface area contributed by atoms with Crippen molar-refractivity contribution in [3.8, 4) is 0 Å². The fourth-order valence-electron chi connectivity index (χ4n) is 2.42. The first-order valence-electron chi connectivity index (χ1n) is 6.86. The quantitative estimate of drug-likeness (QED) is 0.866. The van der Waals surface area contributed by atoms with E-state index in [0.717, 1.165) is 5.56 Å². The number of likely N-dealkylation sites (tertiary alicyclic amines) is 1. The number of hydrogen-bond acceptors (Lipinski definition) is 3. The van der Waals surface area contributed by atoms with Gasteiger partial charge in [0, 0.05) is 25.6 Å². The lowest BCUT2D eigenvalue weighted by atomic mass is 10.1. The first kappa shape index (κ1) is 15.0. The Morgan fingerprint density at radius 1 is 1.29 bits per heavy atom. The maximum absolute atomic E-state index is 12.3. The van der Waals surface area contributed by atoms with Crippen LogP contribution in [0, 0.1) is 0 Å². The van der Waals surface area contributed by atoms with Crippen LogP contribution in [-0.4, -0.2) is 40.4 Å². The number of benzene rings is 1. The Morgan fingerprint density at radius 3 is 2.52 bits per heavy atom. The van der Waals surface area contributed by atoms with E-state index < -0.39 is 12.0 Å². The summed E-state index contributed by atoms with van der Waals surface area (Å²) >= 11 is 0. The molecule has 1 heterocycles. The summed E-state index contributed by atoms with van der Waals surface area (Å²) in [7, 11) is 0. The minimum absolute atomic E-state index is 0.114. The largest absolute Gasteiger partial charge is 0.480 e. The zero-order valence-corrected chi connectivity index (χ0v) is 11.8. The number of carboxylic acid groups (broad SMARTS) is 1. The molecule has 0 radical (unpaired) electrons. The number of nitrogens with zero attached hydrogens (tertiary/aromatic N) is 1. The molecule has 1 saturated heterocycles. The highest BCUT2D eigenvalue weighted by Gasteiger charge is 2.34. The first-order chi connectivity index (χ1) is 9.99. The van der Waals surface area contributed by atoms with Crippen LogP contribution < -0.4 is 5.32 Å². The van der Waals surface area contributed by atoms with Gasteiger partial charge in [-0.3, -0.25) is 9.59 Å². The molecular weight excluding hydrogens is 272 g/mol. The molecule has 0 bridgehead atoms. The summed E-state index contributed by atoms with van der Waals surface area (Å²) in [5, 5.41) is 11.8. The summed E-state index contributed by atoms with van der Waals surface area (Å²) in [5.41, 5.74) is 1.35. The van der Waals surface area contributed by atoms with Crippen molar-refractivity contribution in [3.63, 3.8) is 0 Å². The number of aliphatic carboxylic acids is 1. The van der Waals surface area contributed by atoms with Crippen molar-refractivity contribution in [1.29, 1.82) is 0 Å². The van der Waals surface area contributed by atoms with Gasteiger partial charge in [-0.25, -0.2) is 4.79 Å². The van der Waals surface area contributed by atoms with Gasteiger partial charge in [-0.05, 0) is 30.5 Å². The lowest BCUT2D eigenvalue weighted by molar-refractivity contribution is -0.141. The minimum Gasteiger partial charge on any atom is -0.480 e. The predicted molar refractivity (Wildman–Crippen MR) is 75.7 cm³/mol. The highest BCUT2D eigenvalue weighted by molar-refractivity contribution is 5.97. The lowest BCUT2D eigenvalue weighted by Gasteiger charge is -2.21. The van der Waals surface area contributed by atoms with Crippen LogP contribution in [0.3, 0.4) is 0 Å². The second-order valence-electron chi connectivity index (χ2n) is 5.10. The molecule has 2 rings (SSSR count). The number of rotatable bonds is 4. The maximum atomic E-state index is 12.3. The molecule has 0 aromatic heterocycles. The van der Waals surface area contributed by atoms with Crippen LogP contribution in [0.1, 0.15) is 35.7 Å². The van der Waals surface area contributed by atoms with Gasteiger partial charge in [0.2, 0.25) is 5.91 Å². The number of carboxylic acids is 1. The molecule has 2 N–H and O–H groups in total. The van der Waals surface area contributed by atoms with E-state index in [1.54, 1.807) is 24.3 Å². The van der Waals surface area contributed by atoms with Crippen LogP contribution in [0.5, 0.6) is 0 Å². The Morgan fingerprint density at radius 2 is 1.95 bits per heavy atom. The molecule has 1 aliphatic heterocycles. The molecule has 6 nitrogen and oxygen atoms in total. The molecule has 0 unspecified atom stereocenters. The molecule has 1 aromatic carbocycles. The van der Waals surface area contributed by atoms with E-state index in [0.29, 0.717) is 31.5 Å². The molecule has 112 valence electrons. The Balaban J connectivity index is 2.06. The lowest BCUT2D eigenvalue weighted by Crippen LogP contribution is -2.40. The SMILES string of the molecule is CC(=O)NCc1ccc(C(=O)N2CCC[C@@H]2C(=O)O)cc1. The molecule has 2 amide bonds. The third-order valence-electron chi connectivity index (χ3n) is 3.54. The Kier molecular flexibility index (Phi) is 4.57. The number of nitrogens with one attached hydrogen (secondary N) is 1. The molecule has 0 aliphatic carbocycles. The summed E-state index contributed by atoms with van der Waals surface area (Å²) < 4.78 is 0. The van der Waals surface area contributed by atoms with Gasteiger partial charge in [0.15, 0.2) is 0 Å². The van der Waals surface area contributed by atoms with Crippen molar-refractivity contribution < 1.29 is 19.5 Å². The van der Waals surface area contributed by atoms with Gasteiger partial charge in [0.25, 0.3) is 5.91 Å². The second-order valence-corrected chi connectivity index (χ2v) is 5.10. The van der Waals surface area contributed by atoms with Crippen LogP contribution in [0.4, 0.5) is 0 Å². The van der Waals surface area contributed by atoms with Crippen molar-refractivity contribution in [2.24, 2.45) is 0 Å². The highest BCUT2D eigenvalue weighted by atomic mass is 16.4. The van der Waals surface area contributed by atoms with Crippen molar-refractivity contribution in [1.82, 2.24) is 10.2 Å². The van der Waals surface area contributed by atoms with Gasteiger partial charge in [0.1, 0.15) is 6.04 Å². The van der Waals surface area contributed by atoms with Crippen LogP contribution in [0.2, 0.25) is 0 Å². The summed E-state index contributed by atoms with van der Waals surface area (Å²) in [6.07, 6.45) is 1.21. The molecule has 1 atom stereocenters. The topological polar surface area (TPSA) is 86.7 Å². The van der Waals surface area contributed by atoms with Gasteiger partial charge >= 0.3 is 5.97 Å². The van der Waals surface area contributed by atoms with Gasteiger partial charge < -0.3 is 15.3 Å². The monoisotopic (exact) mass is 290 g/mol. The van der Waals surface area contributed by atoms with Gasteiger partial charge in [-0.15, -0.1) is 0 Å². The molecule has 0 spiro atoms. The molecule has 21 heavy (non-hydrogen) atoms. The van der Waals surface area contributed by atoms with Crippen LogP contribution in [0.15, 0.2) is 24.3 Å². The number of hydrogen-bond donors (Lipinski definition) is 2. The van der Waals surface area contributed by atoms with Crippen molar-refractivity contribution >= 4 is 17.8 Å². The van der Waals surface area contributed by atoms with Crippen LogP contribution >= 0.6 is 0 Å². The predicted octanol–water partition coefficient (Wildman–Crippen LogP) is 1.01. The zero-order chi connectivity index (χ0) is 15.4. The van der Waals surface area contributed by atoms with E-state index in [2.05, 4.69) is 5.32 Å². The van der Waals surface area contributed by atoms with E-state index in [4.69, 9.17) is 5.11 Å². The zero-order valence-electron chi connectivity index (χ0n) is 11.8. The Labute approximate surface area is 122 Å². The molecule has 1 aromatic rings. The van der Waals surface area contributed by atoms with E-state index in [1.807, 2.05) is 0 Å². The van der Waals surface area contributed by atoms with E-state index in [1.165, 1.54) is 11.8 Å². The van der Waals surface area contributed by atoms with E-state index in [9.17, 15) is 14.4 Å². The molecule has 1 aliphatic rings. The summed E-state index contributed by atoms with van der Waals surface area (Å²) in [6, 6.07) is 6.12. The van der Waals surface area contributed by atoms with Crippen molar-refractivity contribution in [2.45, 2.75) is 32.4 Å². The smallest absolute Gasteiger partial charge is 0.326 e. The summed E-state index contributed by atoms with van der Waals surface area (Å²) in [6.45, 7) is 2.33. The number of carbonyl (C=O) groups excluding carboxylic acids is 2. The van der Waals surface area contributed by atoms with Crippen LogP contribution in [0.25, 0.3) is 0 Å². The highest BCUT2D eigenvalue weighted by Crippen LogP contribution is 2.20. The fourth-order valence-corrected chi connectivity index (χ4v) is 2.42. The fraction of sp³-hybridized carbons (Fsp3) is 0.400. The van der Waals surface area contributed by atoms with Crippen LogP contribution in [-0.2, 0) is 16.1 Å². The first-order valence-corrected chi connectivity index (χ1v) is 6.86. The summed E-state index contributed by atoms with van der Waals surface area (Å²) in [5.74, 6) is -1.33. The van der Waals surface area contributed by atoms with Gasteiger partial charge in [0.05, 0.1) is 0 Å². The number of carbonyl (C=O) groups is 3.